The van der Waals surface area contributed by atoms with Gasteiger partial charge >= 0.3 is 5.97 Å². The van der Waals surface area contributed by atoms with Crippen LogP contribution in [0.4, 0.5) is 0 Å². The quantitative estimate of drug-likeness (QED) is 0.657. The van der Waals surface area contributed by atoms with Gasteiger partial charge in [0.15, 0.2) is 0 Å². The van der Waals surface area contributed by atoms with Crippen LogP contribution in [0, 0.1) is 5.92 Å². The summed E-state index contributed by atoms with van der Waals surface area (Å²) in [6.45, 7) is 11.2. The predicted molar refractivity (Wildman–Crippen MR) is 86.2 cm³/mol. The van der Waals surface area contributed by atoms with Gasteiger partial charge in [0.2, 0.25) is 5.91 Å². The Bertz CT molecular complexity index is 404. The van der Waals surface area contributed by atoms with Crippen molar-refractivity contribution in [3.63, 3.8) is 0 Å². The van der Waals surface area contributed by atoms with Gasteiger partial charge in [-0.05, 0) is 39.5 Å². The average molecular weight is 313 g/mol. The van der Waals surface area contributed by atoms with Gasteiger partial charge in [0.05, 0.1) is 0 Å². The van der Waals surface area contributed by atoms with Gasteiger partial charge < -0.3 is 15.8 Å². The molecule has 0 saturated carbocycles. The second-order valence-electron chi connectivity index (χ2n) is 7.61. The monoisotopic (exact) mass is 313 g/mol. The van der Waals surface area contributed by atoms with Crippen molar-refractivity contribution >= 4 is 11.9 Å². The fourth-order valence-corrected chi connectivity index (χ4v) is 2.86. The van der Waals surface area contributed by atoms with Crippen molar-refractivity contribution in [1.82, 2.24) is 10.6 Å². The van der Waals surface area contributed by atoms with Crippen LogP contribution in [0.25, 0.3) is 0 Å². The van der Waals surface area contributed by atoms with Crippen LogP contribution in [-0.2, 0) is 14.3 Å². The molecule has 4 atom stereocenters. The Labute approximate surface area is 133 Å². The summed E-state index contributed by atoms with van der Waals surface area (Å²) in [6, 6.07) is -0.806. The highest BCUT2D eigenvalue weighted by Gasteiger charge is 2.41. The molecule has 0 bridgehead atoms. The minimum absolute atomic E-state index is 0.0830. The molecule has 0 radical (unpaired) electrons. The highest BCUT2D eigenvalue weighted by atomic mass is 16.6. The van der Waals surface area contributed by atoms with E-state index in [2.05, 4.69) is 24.5 Å². The standard InChI is InChI=1S/C16H31N3O3/c1-9(2)7-12(18-10(3)20)14-11(17)8-13(19-14)15(21)22-16(4,5)6/h9,11-14,19H,7-8,17H2,1-6H3,(H,18,20)/t11-,12+,13-,14-/m1/s1. The number of carbonyl (C=O) groups is 2. The zero-order valence-corrected chi connectivity index (χ0v) is 14.6. The second-order valence-corrected chi connectivity index (χ2v) is 7.61. The van der Waals surface area contributed by atoms with Gasteiger partial charge in [-0.25, -0.2) is 0 Å². The summed E-state index contributed by atoms with van der Waals surface area (Å²) in [4.78, 5) is 23.6. The number of nitrogens with two attached hydrogens (primary N) is 1. The molecule has 1 rings (SSSR count). The summed E-state index contributed by atoms with van der Waals surface area (Å²) in [6.07, 6.45) is 1.33. The maximum Gasteiger partial charge on any atom is 0.323 e. The van der Waals surface area contributed by atoms with Gasteiger partial charge in [0.1, 0.15) is 11.6 Å². The first-order chi connectivity index (χ1) is 9.99. The van der Waals surface area contributed by atoms with Gasteiger partial charge in [0, 0.05) is 25.0 Å². The van der Waals surface area contributed by atoms with E-state index in [0.717, 1.165) is 6.42 Å². The Hall–Kier alpha value is -1.14. The van der Waals surface area contributed by atoms with Crippen LogP contribution in [0.3, 0.4) is 0 Å². The fourth-order valence-electron chi connectivity index (χ4n) is 2.86. The molecule has 1 amide bonds. The van der Waals surface area contributed by atoms with Crippen LogP contribution in [0.1, 0.15) is 54.4 Å². The topological polar surface area (TPSA) is 93.5 Å². The number of amides is 1. The van der Waals surface area contributed by atoms with Crippen molar-refractivity contribution in [2.24, 2.45) is 11.7 Å². The highest BCUT2D eigenvalue weighted by Crippen LogP contribution is 2.21. The normalized spacial score (nSPS) is 26.8. The summed E-state index contributed by atoms with van der Waals surface area (Å²) in [5.74, 6) is 0.0587. The Kier molecular flexibility index (Phi) is 6.38. The van der Waals surface area contributed by atoms with E-state index >= 15 is 0 Å². The first-order valence-electron chi connectivity index (χ1n) is 8.01. The van der Waals surface area contributed by atoms with Gasteiger partial charge in [-0.15, -0.1) is 0 Å². The molecule has 1 fully saturated rings. The molecule has 0 spiro atoms. The first-order valence-corrected chi connectivity index (χ1v) is 8.01. The molecule has 4 N–H and O–H groups in total. The van der Waals surface area contributed by atoms with Gasteiger partial charge in [-0.2, -0.15) is 0 Å². The van der Waals surface area contributed by atoms with E-state index in [1.807, 2.05) is 20.8 Å². The van der Waals surface area contributed by atoms with Crippen LogP contribution in [0.5, 0.6) is 0 Å². The summed E-state index contributed by atoms with van der Waals surface area (Å²) in [5.41, 5.74) is 5.68. The lowest BCUT2D eigenvalue weighted by Crippen LogP contribution is -2.55. The maximum atomic E-state index is 12.2. The fraction of sp³-hybridized carbons (Fsp3) is 0.875. The molecular weight excluding hydrogens is 282 g/mol. The Morgan fingerprint density at radius 1 is 1.36 bits per heavy atom. The third-order valence-electron chi connectivity index (χ3n) is 3.60. The lowest BCUT2D eigenvalue weighted by atomic mass is 9.94. The van der Waals surface area contributed by atoms with Gasteiger partial charge in [0.25, 0.3) is 0 Å². The van der Waals surface area contributed by atoms with Crippen molar-refractivity contribution in [1.29, 1.82) is 0 Å². The van der Waals surface area contributed by atoms with Crippen molar-refractivity contribution in [2.45, 2.75) is 84.2 Å². The first kappa shape index (κ1) is 18.9. The summed E-state index contributed by atoms with van der Waals surface area (Å²) < 4.78 is 5.42. The molecule has 6 nitrogen and oxygen atoms in total. The zero-order chi connectivity index (χ0) is 17.1. The predicted octanol–water partition coefficient (Wildman–Crippen LogP) is 0.937. The summed E-state index contributed by atoms with van der Waals surface area (Å²) in [5, 5.41) is 6.22. The number of hydrogen-bond donors (Lipinski definition) is 3. The number of ether oxygens (including phenoxy) is 1. The molecular formula is C16H31N3O3. The van der Waals surface area contributed by atoms with E-state index < -0.39 is 11.6 Å². The zero-order valence-electron chi connectivity index (χ0n) is 14.6. The van der Waals surface area contributed by atoms with Crippen molar-refractivity contribution in [3.05, 3.63) is 0 Å². The molecule has 1 heterocycles. The largest absolute Gasteiger partial charge is 0.459 e. The van der Waals surface area contributed by atoms with Crippen LogP contribution >= 0.6 is 0 Å². The second kappa shape index (κ2) is 7.42. The molecule has 0 aliphatic carbocycles. The van der Waals surface area contributed by atoms with E-state index in [-0.39, 0.29) is 30.0 Å². The molecule has 0 unspecified atom stereocenters. The van der Waals surface area contributed by atoms with Crippen LogP contribution in [0.2, 0.25) is 0 Å². The Balaban J connectivity index is 2.74. The minimum atomic E-state index is -0.518. The third kappa shape index (κ3) is 5.93. The number of hydrogen-bond acceptors (Lipinski definition) is 5. The molecule has 22 heavy (non-hydrogen) atoms. The number of nitrogens with one attached hydrogen (secondary N) is 2. The van der Waals surface area contributed by atoms with Crippen molar-refractivity contribution in [3.8, 4) is 0 Å². The number of esters is 1. The van der Waals surface area contributed by atoms with Crippen LogP contribution < -0.4 is 16.4 Å². The van der Waals surface area contributed by atoms with Crippen LogP contribution in [-0.4, -0.2) is 41.6 Å². The molecule has 1 aliphatic rings. The van der Waals surface area contributed by atoms with E-state index in [4.69, 9.17) is 10.5 Å². The summed E-state index contributed by atoms with van der Waals surface area (Å²) >= 11 is 0. The molecule has 1 saturated heterocycles. The Morgan fingerprint density at radius 3 is 2.41 bits per heavy atom. The van der Waals surface area contributed by atoms with E-state index in [0.29, 0.717) is 12.3 Å². The lowest BCUT2D eigenvalue weighted by molar-refractivity contribution is -0.157. The maximum absolute atomic E-state index is 12.2. The van der Waals surface area contributed by atoms with Gasteiger partial charge in [-0.1, -0.05) is 13.8 Å². The smallest absolute Gasteiger partial charge is 0.323 e. The molecule has 128 valence electrons. The minimum Gasteiger partial charge on any atom is -0.459 e. The molecule has 6 heteroatoms. The lowest BCUT2D eigenvalue weighted by Gasteiger charge is -2.29. The van der Waals surface area contributed by atoms with E-state index in [1.165, 1.54) is 6.92 Å². The summed E-state index contributed by atoms with van der Waals surface area (Å²) in [7, 11) is 0. The molecule has 1 aliphatic heterocycles. The molecule has 0 aromatic carbocycles. The number of rotatable bonds is 5. The average Bonchev–Trinajstić information content (AvgIpc) is 2.67. The van der Waals surface area contributed by atoms with E-state index in [9.17, 15) is 9.59 Å². The van der Waals surface area contributed by atoms with Crippen LogP contribution in [0.15, 0.2) is 0 Å². The third-order valence-corrected chi connectivity index (χ3v) is 3.60. The SMILES string of the molecule is CC(=O)N[C@@H](CC(C)C)[C@@H]1N[C@@H](C(=O)OC(C)(C)C)C[C@H]1N. The molecule has 0 aromatic heterocycles. The van der Waals surface area contributed by atoms with E-state index in [1.54, 1.807) is 0 Å². The molecule has 0 aromatic rings. The number of carbonyl (C=O) groups excluding carboxylic acids is 2. The highest BCUT2D eigenvalue weighted by molar-refractivity contribution is 5.77. The van der Waals surface area contributed by atoms with Gasteiger partial charge in [-0.3, -0.25) is 14.9 Å². The Morgan fingerprint density at radius 2 is 1.95 bits per heavy atom. The van der Waals surface area contributed by atoms with Crippen molar-refractivity contribution < 1.29 is 14.3 Å². The van der Waals surface area contributed by atoms with Crippen molar-refractivity contribution in [2.75, 3.05) is 0 Å².